The van der Waals surface area contributed by atoms with E-state index in [9.17, 15) is 0 Å². The first-order valence-electron chi connectivity index (χ1n) is 5.95. The highest BCUT2D eigenvalue weighted by molar-refractivity contribution is 5.54. The average Bonchev–Trinajstić information content (AvgIpc) is 2.57. The molecule has 2 rings (SSSR count). The van der Waals surface area contributed by atoms with Gasteiger partial charge in [-0.05, 0) is 20.8 Å². The van der Waals surface area contributed by atoms with Crippen LogP contribution in [0.15, 0.2) is 12.1 Å². The molecular weight excluding hydrogens is 228 g/mol. The molecule has 0 saturated carbocycles. The van der Waals surface area contributed by atoms with Gasteiger partial charge in [-0.3, -0.25) is 4.68 Å². The summed E-state index contributed by atoms with van der Waals surface area (Å²) in [4.78, 5) is 8.68. The van der Waals surface area contributed by atoms with Crippen LogP contribution in [-0.4, -0.2) is 26.3 Å². The van der Waals surface area contributed by atoms with Gasteiger partial charge in [0.2, 0.25) is 5.95 Å². The predicted octanol–water partition coefficient (Wildman–Crippen LogP) is 2.00. The Bertz CT molecular complexity index is 526. The van der Waals surface area contributed by atoms with Crippen LogP contribution in [0.1, 0.15) is 18.3 Å². The van der Waals surface area contributed by atoms with Crippen molar-refractivity contribution in [1.29, 1.82) is 0 Å². The third-order valence-electron chi connectivity index (χ3n) is 2.56. The fourth-order valence-corrected chi connectivity index (χ4v) is 1.62. The van der Waals surface area contributed by atoms with Gasteiger partial charge in [0.25, 0.3) is 0 Å². The maximum atomic E-state index is 4.37. The van der Waals surface area contributed by atoms with Gasteiger partial charge in [-0.25, -0.2) is 4.98 Å². The highest BCUT2D eigenvalue weighted by Crippen LogP contribution is 2.16. The number of hydrogen-bond acceptors (Lipinski definition) is 5. The van der Waals surface area contributed by atoms with Gasteiger partial charge in [0.05, 0.1) is 0 Å². The molecule has 0 atom stereocenters. The van der Waals surface area contributed by atoms with E-state index in [4.69, 9.17) is 0 Å². The standard InChI is InChI=1S/C12H18N6/c1-5-13-12-14-8(2)6-10(16-12)15-11-7-9(3)18(4)17-11/h6-7H,5H2,1-4H3,(H2,13,14,15,16,17). The molecule has 96 valence electrons. The molecule has 0 aliphatic rings. The highest BCUT2D eigenvalue weighted by atomic mass is 15.3. The molecule has 0 fully saturated rings. The zero-order valence-electron chi connectivity index (χ0n) is 11.2. The summed E-state index contributed by atoms with van der Waals surface area (Å²) in [6.07, 6.45) is 0. The van der Waals surface area contributed by atoms with Crippen LogP contribution in [0, 0.1) is 13.8 Å². The summed E-state index contributed by atoms with van der Waals surface area (Å²) in [5, 5.41) is 10.6. The summed E-state index contributed by atoms with van der Waals surface area (Å²) in [6, 6.07) is 3.87. The summed E-state index contributed by atoms with van der Waals surface area (Å²) in [5.41, 5.74) is 2.01. The predicted molar refractivity (Wildman–Crippen MR) is 72.2 cm³/mol. The first-order valence-corrected chi connectivity index (χ1v) is 5.95. The van der Waals surface area contributed by atoms with Crippen LogP contribution in [0.4, 0.5) is 17.6 Å². The van der Waals surface area contributed by atoms with E-state index in [0.29, 0.717) is 5.95 Å². The van der Waals surface area contributed by atoms with Gasteiger partial charge in [0.1, 0.15) is 5.82 Å². The van der Waals surface area contributed by atoms with Gasteiger partial charge < -0.3 is 10.6 Å². The maximum absolute atomic E-state index is 4.37. The van der Waals surface area contributed by atoms with Gasteiger partial charge >= 0.3 is 0 Å². The van der Waals surface area contributed by atoms with Crippen LogP contribution in [0.3, 0.4) is 0 Å². The van der Waals surface area contributed by atoms with E-state index < -0.39 is 0 Å². The van der Waals surface area contributed by atoms with Gasteiger partial charge in [0, 0.05) is 37.1 Å². The number of nitrogens with zero attached hydrogens (tertiary/aromatic N) is 4. The zero-order chi connectivity index (χ0) is 13.1. The summed E-state index contributed by atoms with van der Waals surface area (Å²) in [5.74, 6) is 2.17. The number of nitrogens with one attached hydrogen (secondary N) is 2. The monoisotopic (exact) mass is 246 g/mol. The zero-order valence-corrected chi connectivity index (χ0v) is 11.2. The largest absolute Gasteiger partial charge is 0.354 e. The van der Waals surface area contributed by atoms with Crippen LogP contribution < -0.4 is 10.6 Å². The normalized spacial score (nSPS) is 10.4. The van der Waals surface area contributed by atoms with E-state index in [1.165, 1.54) is 0 Å². The van der Waals surface area contributed by atoms with Gasteiger partial charge in [-0.1, -0.05) is 0 Å². The first kappa shape index (κ1) is 12.3. The number of rotatable bonds is 4. The second-order valence-electron chi connectivity index (χ2n) is 4.17. The molecule has 0 radical (unpaired) electrons. The second kappa shape index (κ2) is 5.03. The third kappa shape index (κ3) is 2.77. The highest BCUT2D eigenvalue weighted by Gasteiger charge is 2.05. The Morgan fingerprint density at radius 1 is 1.17 bits per heavy atom. The lowest BCUT2D eigenvalue weighted by atomic mass is 10.4. The topological polar surface area (TPSA) is 67.7 Å². The van der Waals surface area contributed by atoms with Crippen LogP contribution in [-0.2, 0) is 7.05 Å². The molecule has 0 amide bonds. The SMILES string of the molecule is CCNc1nc(C)cc(Nc2cc(C)n(C)n2)n1. The van der Waals surface area contributed by atoms with E-state index in [-0.39, 0.29) is 0 Å². The van der Waals surface area contributed by atoms with E-state index >= 15 is 0 Å². The molecule has 0 aromatic carbocycles. The van der Waals surface area contributed by atoms with Crippen molar-refractivity contribution >= 4 is 17.6 Å². The maximum Gasteiger partial charge on any atom is 0.224 e. The van der Waals surface area contributed by atoms with Gasteiger partial charge in [-0.15, -0.1) is 0 Å². The van der Waals surface area contributed by atoms with Crippen molar-refractivity contribution in [2.45, 2.75) is 20.8 Å². The minimum atomic E-state index is 0.632. The van der Waals surface area contributed by atoms with E-state index in [1.807, 2.05) is 44.6 Å². The van der Waals surface area contributed by atoms with Crippen molar-refractivity contribution < 1.29 is 0 Å². The molecule has 0 spiro atoms. The Balaban J connectivity index is 2.22. The molecule has 6 heteroatoms. The lowest BCUT2D eigenvalue weighted by Gasteiger charge is -2.06. The number of hydrogen-bond donors (Lipinski definition) is 2. The molecule has 0 aliphatic carbocycles. The molecule has 0 unspecified atom stereocenters. The molecule has 2 aromatic heterocycles. The molecule has 0 aliphatic heterocycles. The van der Waals surface area contributed by atoms with Crippen LogP contribution in [0.5, 0.6) is 0 Å². The van der Waals surface area contributed by atoms with E-state index in [2.05, 4.69) is 25.7 Å². The molecule has 18 heavy (non-hydrogen) atoms. The molecule has 0 saturated heterocycles. The fourth-order valence-electron chi connectivity index (χ4n) is 1.62. The molecule has 0 bridgehead atoms. The Morgan fingerprint density at radius 3 is 2.56 bits per heavy atom. The molecule has 2 heterocycles. The number of aromatic nitrogens is 4. The van der Waals surface area contributed by atoms with Crippen LogP contribution in [0.25, 0.3) is 0 Å². The van der Waals surface area contributed by atoms with Gasteiger partial charge in [-0.2, -0.15) is 10.1 Å². The van der Waals surface area contributed by atoms with E-state index in [1.54, 1.807) is 0 Å². The lowest BCUT2D eigenvalue weighted by molar-refractivity contribution is 0.743. The number of anilines is 3. The summed E-state index contributed by atoms with van der Waals surface area (Å²) in [6.45, 7) is 6.76. The average molecular weight is 246 g/mol. The Hall–Kier alpha value is -2.11. The molecular formula is C12H18N6. The Labute approximate surface area is 106 Å². The Kier molecular flexibility index (Phi) is 3.45. The molecule has 2 N–H and O–H groups in total. The minimum absolute atomic E-state index is 0.632. The molecule has 2 aromatic rings. The van der Waals surface area contributed by atoms with Gasteiger partial charge in [0.15, 0.2) is 5.82 Å². The smallest absolute Gasteiger partial charge is 0.224 e. The van der Waals surface area contributed by atoms with Crippen molar-refractivity contribution in [2.75, 3.05) is 17.2 Å². The lowest BCUT2D eigenvalue weighted by Crippen LogP contribution is -2.05. The molecule has 6 nitrogen and oxygen atoms in total. The van der Waals surface area contributed by atoms with Crippen molar-refractivity contribution in [3.8, 4) is 0 Å². The van der Waals surface area contributed by atoms with E-state index in [0.717, 1.165) is 29.6 Å². The Morgan fingerprint density at radius 2 is 1.94 bits per heavy atom. The summed E-state index contributed by atoms with van der Waals surface area (Å²) < 4.78 is 1.82. The first-order chi connectivity index (χ1) is 8.58. The van der Waals surface area contributed by atoms with Crippen molar-refractivity contribution in [2.24, 2.45) is 7.05 Å². The number of aryl methyl sites for hydroxylation is 3. The van der Waals surface area contributed by atoms with Crippen LogP contribution in [0.2, 0.25) is 0 Å². The van der Waals surface area contributed by atoms with Crippen molar-refractivity contribution in [3.63, 3.8) is 0 Å². The third-order valence-corrected chi connectivity index (χ3v) is 2.56. The summed E-state index contributed by atoms with van der Waals surface area (Å²) >= 11 is 0. The van der Waals surface area contributed by atoms with Crippen LogP contribution >= 0.6 is 0 Å². The fraction of sp³-hybridized carbons (Fsp3) is 0.417. The summed E-state index contributed by atoms with van der Waals surface area (Å²) in [7, 11) is 1.91. The minimum Gasteiger partial charge on any atom is -0.354 e. The second-order valence-corrected chi connectivity index (χ2v) is 4.17. The quantitative estimate of drug-likeness (QED) is 0.863. The van der Waals surface area contributed by atoms with Crippen molar-refractivity contribution in [1.82, 2.24) is 19.7 Å². The van der Waals surface area contributed by atoms with Crippen molar-refractivity contribution in [3.05, 3.63) is 23.5 Å².